The third-order valence-corrected chi connectivity index (χ3v) is 4.30. The molecule has 2 aromatic rings. The molecule has 1 N–H and O–H groups in total. The van der Waals surface area contributed by atoms with Crippen LogP contribution in [-0.4, -0.2) is 7.05 Å². The van der Waals surface area contributed by atoms with Gasteiger partial charge >= 0.3 is 0 Å². The fourth-order valence-electron chi connectivity index (χ4n) is 1.73. The summed E-state index contributed by atoms with van der Waals surface area (Å²) < 4.78 is 13.6. The lowest BCUT2D eigenvalue weighted by molar-refractivity contribution is 0.602. The number of hydrogen-bond donors (Lipinski definition) is 1. The Morgan fingerprint density at radius 3 is 2.58 bits per heavy atom. The van der Waals surface area contributed by atoms with Gasteiger partial charge in [-0.15, -0.1) is 0 Å². The molecule has 0 bridgehead atoms. The summed E-state index contributed by atoms with van der Waals surface area (Å²) in [5.41, 5.74) is 1.04. The third kappa shape index (κ3) is 3.50. The van der Waals surface area contributed by atoms with Crippen LogP contribution in [0.2, 0.25) is 5.02 Å². The summed E-state index contributed by atoms with van der Waals surface area (Å²) in [7, 11) is 1.89. The highest BCUT2D eigenvalue weighted by atomic mass is 35.5. The number of nitrogens with one attached hydrogen (secondary N) is 1. The van der Waals surface area contributed by atoms with Crippen molar-refractivity contribution in [3.05, 3.63) is 58.9 Å². The van der Waals surface area contributed by atoms with Crippen LogP contribution in [0.3, 0.4) is 0 Å². The molecule has 1 nitrogen and oxygen atoms in total. The summed E-state index contributed by atoms with van der Waals surface area (Å²) >= 11 is 7.64. The highest BCUT2D eigenvalue weighted by Crippen LogP contribution is 2.33. The van der Waals surface area contributed by atoms with Gasteiger partial charge in [0.25, 0.3) is 0 Å². The largest absolute Gasteiger partial charge is 0.313 e. The van der Waals surface area contributed by atoms with Crippen molar-refractivity contribution in [2.75, 3.05) is 7.05 Å². The van der Waals surface area contributed by atoms with E-state index >= 15 is 0 Å². The summed E-state index contributed by atoms with van der Waals surface area (Å²) in [6.45, 7) is 2.05. The maximum Gasteiger partial charge on any atom is 0.137 e. The van der Waals surface area contributed by atoms with E-state index in [1.807, 2.05) is 38.2 Å². The van der Waals surface area contributed by atoms with Gasteiger partial charge in [-0.2, -0.15) is 0 Å². The Hall–Kier alpha value is -1.03. The van der Waals surface area contributed by atoms with E-state index in [1.165, 1.54) is 17.8 Å². The van der Waals surface area contributed by atoms with Crippen molar-refractivity contribution >= 4 is 23.4 Å². The molecule has 1 unspecified atom stereocenters. The first-order valence-corrected chi connectivity index (χ1v) is 7.20. The second-order valence-corrected chi connectivity index (χ2v) is 5.75. The summed E-state index contributed by atoms with van der Waals surface area (Å²) in [5.74, 6) is -0.212. The summed E-state index contributed by atoms with van der Waals surface area (Å²) in [4.78, 5) is 1.54. The van der Waals surface area contributed by atoms with Crippen molar-refractivity contribution in [3.8, 4) is 0 Å². The van der Waals surface area contributed by atoms with Crippen LogP contribution in [0, 0.1) is 5.82 Å². The maximum absolute atomic E-state index is 13.6. The average Bonchev–Trinajstić information content (AvgIpc) is 2.41. The fourth-order valence-corrected chi connectivity index (χ4v) is 3.02. The van der Waals surface area contributed by atoms with Crippen LogP contribution in [0.5, 0.6) is 0 Å². The van der Waals surface area contributed by atoms with E-state index in [-0.39, 0.29) is 11.9 Å². The first-order valence-electron chi connectivity index (χ1n) is 6.01. The van der Waals surface area contributed by atoms with Crippen molar-refractivity contribution in [3.63, 3.8) is 0 Å². The second-order valence-electron chi connectivity index (χ2n) is 4.23. The van der Waals surface area contributed by atoms with E-state index in [2.05, 4.69) is 5.32 Å². The van der Waals surface area contributed by atoms with Gasteiger partial charge in [-0.1, -0.05) is 41.6 Å². The molecule has 19 heavy (non-hydrogen) atoms. The standard InChI is InChI=1S/C15H15ClFNS/c1-10(18-2)12-8-7-11(9-13(12)16)19-15-6-4-3-5-14(15)17/h3-10,18H,1-2H3. The Labute approximate surface area is 122 Å². The molecule has 0 saturated heterocycles. The van der Waals surface area contributed by atoms with Crippen LogP contribution in [0.1, 0.15) is 18.5 Å². The van der Waals surface area contributed by atoms with Gasteiger partial charge in [0.05, 0.1) is 0 Å². The molecule has 0 aromatic heterocycles. The second kappa shape index (κ2) is 6.42. The molecule has 1 atom stereocenters. The van der Waals surface area contributed by atoms with Crippen LogP contribution >= 0.6 is 23.4 Å². The van der Waals surface area contributed by atoms with Gasteiger partial charge in [0, 0.05) is 20.9 Å². The zero-order valence-corrected chi connectivity index (χ0v) is 12.4. The van der Waals surface area contributed by atoms with Crippen molar-refractivity contribution < 1.29 is 4.39 Å². The molecule has 0 aliphatic carbocycles. The smallest absolute Gasteiger partial charge is 0.137 e. The Morgan fingerprint density at radius 1 is 1.21 bits per heavy atom. The number of rotatable bonds is 4. The Balaban J connectivity index is 2.24. The average molecular weight is 296 g/mol. The van der Waals surface area contributed by atoms with Crippen molar-refractivity contribution in [1.82, 2.24) is 5.32 Å². The van der Waals surface area contributed by atoms with Crippen molar-refractivity contribution in [1.29, 1.82) is 0 Å². The number of benzene rings is 2. The Bertz CT molecular complexity index is 574. The highest BCUT2D eigenvalue weighted by molar-refractivity contribution is 7.99. The normalized spacial score (nSPS) is 12.4. The molecule has 0 heterocycles. The molecule has 2 aromatic carbocycles. The molecule has 4 heteroatoms. The fraction of sp³-hybridized carbons (Fsp3) is 0.200. The molecule has 0 spiro atoms. The van der Waals surface area contributed by atoms with E-state index in [1.54, 1.807) is 12.1 Å². The van der Waals surface area contributed by atoms with E-state index in [0.717, 1.165) is 10.5 Å². The predicted molar refractivity (Wildman–Crippen MR) is 79.4 cm³/mol. The van der Waals surface area contributed by atoms with Crippen LogP contribution in [0.15, 0.2) is 52.3 Å². The molecule has 0 aliphatic rings. The van der Waals surface area contributed by atoms with Crippen LogP contribution in [0.4, 0.5) is 4.39 Å². The third-order valence-electron chi connectivity index (χ3n) is 2.94. The van der Waals surface area contributed by atoms with Gasteiger partial charge in [0.15, 0.2) is 0 Å². The first kappa shape index (κ1) is 14.4. The Morgan fingerprint density at radius 2 is 1.95 bits per heavy atom. The van der Waals surface area contributed by atoms with Gasteiger partial charge in [-0.25, -0.2) is 4.39 Å². The minimum Gasteiger partial charge on any atom is -0.313 e. The maximum atomic E-state index is 13.6. The predicted octanol–water partition coefficient (Wildman–Crippen LogP) is 4.91. The molecular formula is C15H15ClFNS. The van der Waals surface area contributed by atoms with E-state index in [0.29, 0.717) is 9.92 Å². The van der Waals surface area contributed by atoms with Gasteiger partial charge in [0.2, 0.25) is 0 Å². The minimum atomic E-state index is -0.212. The van der Waals surface area contributed by atoms with Crippen molar-refractivity contribution in [2.45, 2.75) is 22.8 Å². The Kier molecular flexibility index (Phi) is 4.86. The quantitative estimate of drug-likeness (QED) is 0.860. The number of halogens is 2. The molecule has 0 saturated carbocycles. The summed E-state index contributed by atoms with van der Waals surface area (Å²) in [5, 5.41) is 3.85. The zero-order chi connectivity index (χ0) is 13.8. The molecular weight excluding hydrogens is 281 g/mol. The lowest BCUT2D eigenvalue weighted by Gasteiger charge is -2.13. The van der Waals surface area contributed by atoms with Gasteiger partial charge < -0.3 is 5.32 Å². The topological polar surface area (TPSA) is 12.0 Å². The number of hydrogen-bond acceptors (Lipinski definition) is 2. The van der Waals surface area contributed by atoms with Gasteiger partial charge in [-0.3, -0.25) is 0 Å². The monoisotopic (exact) mass is 295 g/mol. The highest BCUT2D eigenvalue weighted by Gasteiger charge is 2.09. The van der Waals surface area contributed by atoms with E-state index in [4.69, 9.17) is 11.6 Å². The molecule has 0 aliphatic heterocycles. The van der Waals surface area contributed by atoms with Gasteiger partial charge in [-0.05, 0) is 43.8 Å². The summed E-state index contributed by atoms with van der Waals surface area (Å²) in [6.07, 6.45) is 0. The van der Waals surface area contributed by atoms with Crippen LogP contribution in [-0.2, 0) is 0 Å². The van der Waals surface area contributed by atoms with Gasteiger partial charge in [0.1, 0.15) is 5.82 Å². The zero-order valence-electron chi connectivity index (χ0n) is 10.8. The molecule has 0 fully saturated rings. The molecule has 0 radical (unpaired) electrons. The summed E-state index contributed by atoms with van der Waals surface area (Å²) in [6, 6.07) is 12.7. The lowest BCUT2D eigenvalue weighted by Crippen LogP contribution is -2.12. The molecule has 0 amide bonds. The lowest BCUT2D eigenvalue weighted by atomic mass is 10.1. The van der Waals surface area contributed by atoms with E-state index < -0.39 is 0 Å². The first-order chi connectivity index (χ1) is 9.11. The van der Waals surface area contributed by atoms with Crippen molar-refractivity contribution in [2.24, 2.45) is 0 Å². The SMILES string of the molecule is CNC(C)c1ccc(Sc2ccccc2F)cc1Cl. The van der Waals surface area contributed by atoms with Crippen LogP contribution < -0.4 is 5.32 Å². The minimum absolute atomic E-state index is 0.194. The molecule has 100 valence electrons. The van der Waals surface area contributed by atoms with Crippen LogP contribution in [0.25, 0.3) is 0 Å². The molecule has 2 rings (SSSR count). The van der Waals surface area contributed by atoms with E-state index in [9.17, 15) is 4.39 Å².